The molecule has 3 nitrogen and oxygen atoms in total. The summed E-state index contributed by atoms with van der Waals surface area (Å²) in [7, 11) is 0. The van der Waals surface area contributed by atoms with Gasteiger partial charge in [0.15, 0.2) is 6.23 Å². The van der Waals surface area contributed by atoms with Crippen LogP contribution in [0.25, 0.3) is 0 Å². The molecule has 2 aromatic rings. The van der Waals surface area contributed by atoms with Crippen molar-refractivity contribution >= 4 is 17.0 Å². The summed E-state index contributed by atoms with van der Waals surface area (Å²) in [6.07, 6.45) is -0.193. The molecule has 4 heteroatoms. The second kappa shape index (κ2) is 5.10. The van der Waals surface area contributed by atoms with Crippen molar-refractivity contribution in [2.45, 2.75) is 12.3 Å². The number of hydrogen-bond donors (Lipinski definition) is 1. The van der Waals surface area contributed by atoms with Gasteiger partial charge in [-0.3, -0.25) is 0 Å². The van der Waals surface area contributed by atoms with Gasteiger partial charge in [-0.1, -0.05) is 24.3 Å². The van der Waals surface area contributed by atoms with Crippen molar-refractivity contribution in [3.05, 3.63) is 52.7 Å². The highest BCUT2D eigenvalue weighted by Gasteiger charge is 2.34. The highest BCUT2D eigenvalue weighted by Crippen LogP contribution is 2.36. The van der Waals surface area contributed by atoms with E-state index in [0.717, 1.165) is 12.2 Å². The van der Waals surface area contributed by atoms with Gasteiger partial charge in [-0.15, -0.1) is 11.3 Å². The zero-order chi connectivity index (χ0) is 12.4. The van der Waals surface area contributed by atoms with Crippen molar-refractivity contribution in [3.8, 4) is 0 Å². The Morgan fingerprint density at radius 2 is 2.06 bits per heavy atom. The minimum Gasteiger partial charge on any atom is -0.394 e. The maximum atomic E-state index is 9.30. The molecule has 2 atom stereocenters. The van der Waals surface area contributed by atoms with E-state index in [1.165, 1.54) is 4.88 Å². The van der Waals surface area contributed by atoms with Gasteiger partial charge < -0.3 is 14.7 Å². The molecular weight excluding hydrogens is 246 g/mol. The minimum atomic E-state index is -0.114. The molecule has 0 bridgehead atoms. The molecule has 3 rings (SSSR count). The molecule has 94 valence electrons. The molecule has 0 aliphatic carbocycles. The van der Waals surface area contributed by atoms with Gasteiger partial charge in [-0.25, -0.2) is 0 Å². The first-order valence-electron chi connectivity index (χ1n) is 6.00. The van der Waals surface area contributed by atoms with Crippen LogP contribution in [0.1, 0.15) is 11.1 Å². The Hall–Kier alpha value is -1.36. The van der Waals surface area contributed by atoms with E-state index in [2.05, 4.69) is 23.1 Å². The number of aliphatic hydroxyl groups excluding tert-OH is 1. The summed E-state index contributed by atoms with van der Waals surface area (Å²) in [6.45, 7) is 0.786. The first-order chi connectivity index (χ1) is 8.88. The Labute approximate surface area is 110 Å². The van der Waals surface area contributed by atoms with Crippen molar-refractivity contribution in [3.63, 3.8) is 0 Å². The highest BCUT2D eigenvalue weighted by molar-refractivity contribution is 7.10. The van der Waals surface area contributed by atoms with Crippen LogP contribution in [0, 0.1) is 0 Å². The topological polar surface area (TPSA) is 32.7 Å². The lowest BCUT2D eigenvalue weighted by Crippen LogP contribution is -2.24. The predicted octanol–water partition coefficient (Wildman–Crippen LogP) is 2.64. The zero-order valence-electron chi connectivity index (χ0n) is 9.90. The molecule has 0 radical (unpaired) electrons. The largest absolute Gasteiger partial charge is 0.394 e. The summed E-state index contributed by atoms with van der Waals surface area (Å²) in [4.78, 5) is 3.38. The van der Waals surface area contributed by atoms with Crippen LogP contribution in [-0.4, -0.2) is 24.4 Å². The van der Waals surface area contributed by atoms with Crippen molar-refractivity contribution in [2.24, 2.45) is 0 Å². The van der Waals surface area contributed by atoms with Gasteiger partial charge in [-0.2, -0.15) is 0 Å². The number of anilines is 1. The van der Waals surface area contributed by atoms with E-state index in [-0.39, 0.29) is 18.9 Å². The molecule has 1 aliphatic heterocycles. The van der Waals surface area contributed by atoms with Crippen LogP contribution in [0.5, 0.6) is 0 Å². The quantitative estimate of drug-likeness (QED) is 0.922. The van der Waals surface area contributed by atoms with Crippen LogP contribution in [-0.2, 0) is 4.74 Å². The number of thiophene rings is 1. The Kier molecular flexibility index (Phi) is 3.32. The Morgan fingerprint density at radius 3 is 2.72 bits per heavy atom. The van der Waals surface area contributed by atoms with E-state index in [0.29, 0.717) is 0 Å². The summed E-state index contributed by atoms with van der Waals surface area (Å²) in [6, 6.07) is 14.3. The van der Waals surface area contributed by atoms with Gasteiger partial charge in [0.05, 0.1) is 11.5 Å². The number of nitrogens with zero attached hydrogens (tertiary/aromatic N) is 1. The summed E-state index contributed by atoms with van der Waals surface area (Å²) in [5.41, 5.74) is 1.13. The average Bonchev–Trinajstić information content (AvgIpc) is 3.08. The lowest BCUT2D eigenvalue weighted by atomic mass is 10.2. The van der Waals surface area contributed by atoms with Crippen molar-refractivity contribution < 1.29 is 9.84 Å². The maximum Gasteiger partial charge on any atom is 0.166 e. The fourth-order valence-corrected chi connectivity index (χ4v) is 3.00. The summed E-state index contributed by atoms with van der Waals surface area (Å²) >= 11 is 1.68. The first-order valence-corrected chi connectivity index (χ1v) is 6.88. The molecule has 1 N–H and O–H groups in total. The summed E-state index contributed by atoms with van der Waals surface area (Å²) in [5.74, 6) is 0. The van der Waals surface area contributed by atoms with Crippen LogP contribution < -0.4 is 4.90 Å². The SMILES string of the molecule is OCC1CN(c2ccccc2)C(c2cccs2)O1. The lowest BCUT2D eigenvalue weighted by Gasteiger charge is -2.23. The number of aliphatic hydroxyl groups is 1. The van der Waals surface area contributed by atoms with Crippen LogP contribution in [0.2, 0.25) is 0 Å². The predicted molar refractivity (Wildman–Crippen MR) is 72.8 cm³/mol. The molecule has 0 saturated carbocycles. The molecule has 1 aromatic heterocycles. The van der Waals surface area contributed by atoms with Gasteiger partial charge in [0.1, 0.15) is 6.10 Å². The normalized spacial score (nSPS) is 23.5. The number of ether oxygens (including phenoxy) is 1. The number of rotatable bonds is 3. The lowest BCUT2D eigenvalue weighted by molar-refractivity contribution is 0.0162. The highest BCUT2D eigenvalue weighted by atomic mass is 32.1. The number of para-hydroxylation sites is 1. The molecule has 0 spiro atoms. The van der Waals surface area contributed by atoms with Gasteiger partial charge >= 0.3 is 0 Å². The van der Waals surface area contributed by atoms with E-state index in [4.69, 9.17) is 4.74 Å². The molecular formula is C14H15NO2S. The standard InChI is InChI=1S/C14H15NO2S/c16-10-12-9-15(11-5-2-1-3-6-11)14(17-12)13-7-4-8-18-13/h1-8,12,14,16H,9-10H2. The first kappa shape index (κ1) is 11.7. The molecule has 1 saturated heterocycles. The van der Waals surface area contributed by atoms with E-state index < -0.39 is 0 Å². The summed E-state index contributed by atoms with van der Waals surface area (Å²) < 4.78 is 5.91. The van der Waals surface area contributed by atoms with Crippen LogP contribution in [0.4, 0.5) is 5.69 Å². The van der Waals surface area contributed by atoms with Gasteiger partial charge in [0.2, 0.25) is 0 Å². The average molecular weight is 261 g/mol. The Balaban J connectivity index is 1.91. The summed E-state index contributed by atoms with van der Waals surface area (Å²) in [5, 5.41) is 11.3. The second-order valence-electron chi connectivity index (χ2n) is 4.30. The molecule has 1 aliphatic rings. The molecule has 2 heterocycles. The molecule has 0 amide bonds. The van der Waals surface area contributed by atoms with Crippen molar-refractivity contribution in [2.75, 3.05) is 18.1 Å². The van der Waals surface area contributed by atoms with Crippen molar-refractivity contribution in [1.29, 1.82) is 0 Å². The number of hydrogen-bond acceptors (Lipinski definition) is 4. The molecule has 1 aromatic carbocycles. The number of benzene rings is 1. The third kappa shape index (κ3) is 2.14. The monoisotopic (exact) mass is 261 g/mol. The van der Waals surface area contributed by atoms with Crippen LogP contribution >= 0.6 is 11.3 Å². The Bertz CT molecular complexity index is 486. The zero-order valence-corrected chi connectivity index (χ0v) is 10.7. The van der Waals surface area contributed by atoms with E-state index in [1.807, 2.05) is 29.6 Å². The molecule has 2 unspecified atom stereocenters. The van der Waals surface area contributed by atoms with Crippen LogP contribution in [0.15, 0.2) is 47.8 Å². The van der Waals surface area contributed by atoms with Gasteiger partial charge in [0, 0.05) is 12.2 Å². The van der Waals surface area contributed by atoms with Gasteiger partial charge in [-0.05, 0) is 23.6 Å². The molecule has 18 heavy (non-hydrogen) atoms. The fourth-order valence-electron chi connectivity index (χ4n) is 2.23. The van der Waals surface area contributed by atoms with Gasteiger partial charge in [0.25, 0.3) is 0 Å². The van der Waals surface area contributed by atoms with E-state index >= 15 is 0 Å². The minimum absolute atomic E-state index is 0.0607. The maximum absolute atomic E-state index is 9.30. The molecule has 1 fully saturated rings. The second-order valence-corrected chi connectivity index (χ2v) is 5.28. The third-order valence-corrected chi connectivity index (χ3v) is 3.99. The van der Waals surface area contributed by atoms with E-state index in [1.54, 1.807) is 11.3 Å². The fraction of sp³-hybridized carbons (Fsp3) is 0.286. The Morgan fingerprint density at radius 1 is 1.22 bits per heavy atom. The van der Waals surface area contributed by atoms with Crippen LogP contribution in [0.3, 0.4) is 0 Å². The van der Waals surface area contributed by atoms with Crippen molar-refractivity contribution in [1.82, 2.24) is 0 Å². The third-order valence-electron chi connectivity index (χ3n) is 3.08. The smallest absolute Gasteiger partial charge is 0.166 e. The van der Waals surface area contributed by atoms with E-state index in [9.17, 15) is 5.11 Å².